The Labute approximate surface area is 265 Å². The number of rotatable bonds is 5. The zero-order valence-electron chi connectivity index (χ0n) is 27.2. The molecule has 10 nitrogen and oxygen atoms in total. The van der Waals surface area contributed by atoms with Gasteiger partial charge < -0.3 is 29.7 Å². The van der Waals surface area contributed by atoms with Crippen molar-refractivity contribution in [2.45, 2.75) is 96.2 Å². The van der Waals surface area contributed by atoms with Gasteiger partial charge in [0.25, 0.3) is 0 Å². The van der Waals surface area contributed by atoms with Gasteiger partial charge in [-0.2, -0.15) is 0 Å². The summed E-state index contributed by atoms with van der Waals surface area (Å²) in [5, 5.41) is 13.2. The van der Waals surface area contributed by atoms with E-state index in [9.17, 15) is 24.3 Å². The lowest BCUT2D eigenvalue weighted by atomic mass is 9.74. The van der Waals surface area contributed by atoms with Gasteiger partial charge in [0.05, 0.1) is 31.2 Å². The third-order valence-corrected chi connectivity index (χ3v) is 9.42. The molecule has 0 unspecified atom stereocenters. The first-order valence-corrected chi connectivity index (χ1v) is 16.0. The molecule has 2 N–H and O–H groups in total. The number of amides is 3. The number of benzene rings is 1. The molecule has 4 heterocycles. The number of ether oxygens (including phenoxy) is 2. The van der Waals surface area contributed by atoms with E-state index in [0.717, 1.165) is 0 Å². The highest BCUT2D eigenvalue weighted by atomic mass is 16.6. The number of hydrogen-bond acceptors (Lipinski definition) is 7. The maximum atomic E-state index is 14.9. The molecule has 5 rings (SSSR count). The lowest BCUT2D eigenvalue weighted by Gasteiger charge is -2.46. The van der Waals surface area contributed by atoms with Gasteiger partial charge in [-0.1, -0.05) is 75.4 Å². The summed E-state index contributed by atoms with van der Waals surface area (Å²) in [5.74, 6) is -3.55. The quantitative estimate of drug-likeness (QED) is 0.382. The Morgan fingerprint density at radius 1 is 1.04 bits per heavy atom. The zero-order chi connectivity index (χ0) is 32.7. The predicted molar refractivity (Wildman–Crippen MR) is 167 cm³/mol. The van der Waals surface area contributed by atoms with Gasteiger partial charge in [-0.3, -0.25) is 19.2 Å². The Morgan fingerprint density at radius 2 is 1.76 bits per heavy atom. The van der Waals surface area contributed by atoms with E-state index in [0.29, 0.717) is 18.4 Å². The van der Waals surface area contributed by atoms with Crippen LogP contribution >= 0.6 is 0 Å². The number of esters is 1. The number of aliphatic hydroxyl groups excluding tert-OH is 1. The van der Waals surface area contributed by atoms with Crippen LogP contribution in [0.25, 0.3) is 0 Å². The summed E-state index contributed by atoms with van der Waals surface area (Å²) in [6.45, 7) is 12.0. The highest BCUT2D eigenvalue weighted by Crippen LogP contribution is 2.56. The number of aliphatic hydroxyl groups is 1. The Bertz CT molecular complexity index is 1370. The van der Waals surface area contributed by atoms with E-state index in [1.54, 1.807) is 24.0 Å². The molecule has 2 fully saturated rings. The number of fused-ring (bicyclic) bond motifs is 2. The Morgan fingerprint density at radius 3 is 2.42 bits per heavy atom. The number of hydrogen-bond donors (Lipinski definition) is 2. The molecule has 0 aromatic heterocycles. The summed E-state index contributed by atoms with van der Waals surface area (Å²) in [6.07, 6.45) is 7.12. The molecule has 1 aromatic carbocycles. The molecule has 45 heavy (non-hydrogen) atoms. The maximum absolute atomic E-state index is 14.9. The fraction of sp³-hybridized carbons (Fsp3) is 0.600. The summed E-state index contributed by atoms with van der Waals surface area (Å²) in [5.41, 5.74) is -1.43. The van der Waals surface area contributed by atoms with E-state index >= 15 is 0 Å². The smallest absolute Gasteiger partial charge is 0.313 e. The fourth-order valence-corrected chi connectivity index (χ4v) is 7.82. The van der Waals surface area contributed by atoms with Gasteiger partial charge in [-0.15, -0.1) is 0 Å². The van der Waals surface area contributed by atoms with E-state index < -0.39 is 59.1 Å². The van der Waals surface area contributed by atoms with Gasteiger partial charge in [0.15, 0.2) is 0 Å². The van der Waals surface area contributed by atoms with Crippen LogP contribution in [0.15, 0.2) is 54.6 Å². The summed E-state index contributed by atoms with van der Waals surface area (Å²) in [6, 6.07) is 7.37. The maximum Gasteiger partial charge on any atom is 0.313 e. The van der Waals surface area contributed by atoms with Gasteiger partial charge in [0.2, 0.25) is 17.7 Å². The second kappa shape index (κ2) is 12.4. The minimum absolute atomic E-state index is 0.0691. The van der Waals surface area contributed by atoms with Crippen molar-refractivity contribution in [3.8, 4) is 0 Å². The molecule has 0 saturated carbocycles. The SMILES string of the molecule is C[C@H](CO)N1C(=O)[C@H]2[C@@H]3C(=O)O[C@H](c4ccccc4)CNC(=O)CC/C=C\CN(C(C)(C)CC(C)(C)C)C(=O)[C@H]1[C@@]21C=C[C@@H]3O1. The van der Waals surface area contributed by atoms with E-state index in [-0.39, 0.29) is 43.3 Å². The summed E-state index contributed by atoms with van der Waals surface area (Å²) >= 11 is 0. The van der Waals surface area contributed by atoms with Crippen LogP contribution in [0.4, 0.5) is 0 Å². The number of carbonyl (C=O) groups excluding carboxylic acids is 4. The summed E-state index contributed by atoms with van der Waals surface area (Å²) in [7, 11) is 0. The highest BCUT2D eigenvalue weighted by molar-refractivity contribution is 5.99. The standard InChI is InChI=1S/C35H47N3O7/c1-22(20-39)38-29-31(42)37(34(5,6)21-33(2,3)4)18-12-8-11-15-26(40)36-19-25(23-13-9-7-10-14-23)44-32(43)27-24-16-17-35(29,45-24)28(27)30(38)41/h7-10,12-14,16-17,22,24-25,27-29,39H,11,15,18-21H2,1-6H3,(H,36,40)/b12-8-/t22-,24+,25+,27-,28-,29+,35-/m1/s1. The number of carbonyl (C=O) groups is 4. The number of likely N-dealkylation sites (tertiary alicyclic amines) is 1. The third kappa shape index (κ3) is 6.19. The number of allylic oxidation sites excluding steroid dienone is 1. The van der Waals surface area contributed by atoms with Crippen molar-refractivity contribution < 1.29 is 33.8 Å². The van der Waals surface area contributed by atoms with Crippen molar-refractivity contribution in [1.29, 1.82) is 0 Å². The minimum Gasteiger partial charge on any atom is -0.455 e. The first-order chi connectivity index (χ1) is 21.2. The first-order valence-electron chi connectivity index (χ1n) is 16.0. The average molecular weight is 622 g/mol. The van der Waals surface area contributed by atoms with Crippen molar-refractivity contribution in [3.05, 3.63) is 60.2 Å². The largest absolute Gasteiger partial charge is 0.455 e. The molecule has 1 spiro atoms. The number of cyclic esters (lactones) is 1. The van der Waals surface area contributed by atoms with Gasteiger partial charge in [0.1, 0.15) is 23.7 Å². The van der Waals surface area contributed by atoms with E-state index in [1.165, 1.54) is 4.90 Å². The van der Waals surface area contributed by atoms with Crippen LogP contribution in [-0.4, -0.2) is 87.6 Å². The van der Waals surface area contributed by atoms with Crippen LogP contribution in [0.5, 0.6) is 0 Å². The molecular formula is C35H47N3O7. The van der Waals surface area contributed by atoms with Gasteiger partial charge in [0, 0.05) is 18.5 Å². The summed E-state index contributed by atoms with van der Waals surface area (Å²) < 4.78 is 12.6. The van der Waals surface area contributed by atoms with Crippen molar-refractivity contribution >= 4 is 23.7 Å². The lowest BCUT2D eigenvalue weighted by molar-refractivity contribution is -0.160. The van der Waals surface area contributed by atoms with Gasteiger partial charge in [-0.05, 0) is 44.6 Å². The highest BCUT2D eigenvalue weighted by Gasteiger charge is 2.74. The van der Waals surface area contributed by atoms with Gasteiger partial charge >= 0.3 is 5.97 Å². The van der Waals surface area contributed by atoms with Crippen LogP contribution in [0.1, 0.15) is 72.5 Å². The monoisotopic (exact) mass is 621 g/mol. The first kappa shape index (κ1) is 32.9. The van der Waals surface area contributed by atoms with Crippen LogP contribution in [0.2, 0.25) is 0 Å². The Kier molecular flexibility index (Phi) is 9.03. The molecule has 10 heteroatoms. The molecule has 0 aliphatic carbocycles. The molecule has 3 amide bonds. The molecule has 244 valence electrons. The molecule has 7 atom stereocenters. The molecule has 2 saturated heterocycles. The van der Waals surface area contributed by atoms with E-state index in [4.69, 9.17) is 9.47 Å². The van der Waals surface area contributed by atoms with Gasteiger partial charge in [-0.25, -0.2) is 0 Å². The molecule has 4 aliphatic rings. The van der Waals surface area contributed by atoms with Crippen molar-refractivity contribution in [2.24, 2.45) is 17.3 Å². The third-order valence-electron chi connectivity index (χ3n) is 9.42. The zero-order valence-corrected chi connectivity index (χ0v) is 27.2. The molecular weight excluding hydrogens is 574 g/mol. The predicted octanol–water partition coefficient (Wildman–Crippen LogP) is 3.31. The normalized spacial score (nSPS) is 32.4. The number of nitrogens with one attached hydrogen (secondary N) is 1. The van der Waals surface area contributed by atoms with Crippen molar-refractivity contribution in [1.82, 2.24) is 15.1 Å². The van der Waals surface area contributed by atoms with Crippen LogP contribution in [0, 0.1) is 17.3 Å². The second-order valence-corrected chi connectivity index (χ2v) is 14.6. The fourth-order valence-electron chi connectivity index (χ4n) is 7.82. The van der Waals surface area contributed by atoms with Crippen LogP contribution in [-0.2, 0) is 28.7 Å². The van der Waals surface area contributed by atoms with E-state index in [2.05, 4.69) is 26.1 Å². The number of nitrogens with zero attached hydrogens (tertiary/aromatic N) is 2. The topological polar surface area (TPSA) is 125 Å². The molecule has 5 bridgehead atoms. The van der Waals surface area contributed by atoms with Crippen LogP contribution in [0.3, 0.4) is 0 Å². The second-order valence-electron chi connectivity index (χ2n) is 14.6. The van der Waals surface area contributed by atoms with Crippen LogP contribution < -0.4 is 5.32 Å². The molecule has 1 aromatic rings. The summed E-state index contributed by atoms with van der Waals surface area (Å²) in [4.78, 5) is 59.3. The van der Waals surface area contributed by atoms with E-state index in [1.807, 2.05) is 56.3 Å². The minimum atomic E-state index is -1.39. The molecule has 0 radical (unpaired) electrons. The Hall–Kier alpha value is -3.50. The van der Waals surface area contributed by atoms with Crippen molar-refractivity contribution in [2.75, 3.05) is 19.7 Å². The Balaban J connectivity index is 1.60. The molecule has 4 aliphatic heterocycles. The lowest BCUT2D eigenvalue weighted by Crippen LogP contribution is -2.62. The van der Waals surface area contributed by atoms with Crippen molar-refractivity contribution in [3.63, 3.8) is 0 Å². The average Bonchev–Trinajstić information content (AvgIpc) is 3.62.